The lowest BCUT2D eigenvalue weighted by Crippen LogP contribution is -2.01. The van der Waals surface area contributed by atoms with Gasteiger partial charge in [0.25, 0.3) is 0 Å². The molecule has 0 saturated heterocycles. The quantitative estimate of drug-likeness (QED) is 0.611. The molecular weight excluding hydrogens is 298 g/mol. The summed E-state index contributed by atoms with van der Waals surface area (Å²) in [6, 6.07) is 8.57. The fourth-order valence-electron chi connectivity index (χ4n) is 4.87. The monoisotopic (exact) mass is 319 g/mol. The van der Waals surface area contributed by atoms with Crippen molar-refractivity contribution in [2.45, 2.75) is 37.5 Å². The van der Waals surface area contributed by atoms with Crippen LogP contribution in [-0.4, -0.2) is 19.2 Å². The molecule has 2 bridgehead atoms. The highest BCUT2D eigenvalue weighted by molar-refractivity contribution is 6.07. The highest BCUT2D eigenvalue weighted by Crippen LogP contribution is 2.52. The molecule has 1 fully saturated rings. The molecule has 0 aliphatic heterocycles. The van der Waals surface area contributed by atoms with E-state index in [4.69, 9.17) is 14.5 Å². The van der Waals surface area contributed by atoms with Gasteiger partial charge in [0.05, 0.1) is 19.7 Å². The van der Waals surface area contributed by atoms with E-state index in [9.17, 15) is 0 Å². The first-order valence-electron chi connectivity index (χ1n) is 8.77. The summed E-state index contributed by atoms with van der Waals surface area (Å²) in [5.74, 6) is 2.98. The number of hydrogen-bond acceptors (Lipinski definition) is 3. The van der Waals surface area contributed by atoms with Gasteiger partial charge in [-0.3, -0.25) is 4.98 Å². The van der Waals surface area contributed by atoms with Gasteiger partial charge < -0.3 is 9.47 Å². The number of aromatic nitrogens is 1. The molecule has 0 spiro atoms. The third kappa shape index (κ3) is 1.81. The first-order chi connectivity index (χ1) is 11.8. The van der Waals surface area contributed by atoms with Crippen LogP contribution >= 0.6 is 0 Å². The Balaban J connectivity index is 1.83. The van der Waals surface area contributed by atoms with Gasteiger partial charge in [0, 0.05) is 17.0 Å². The Morgan fingerprint density at radius 2 is 1.75 bits per heavy atom. The molecule has 2 aliphatic rings. The molecule has 2 atom stereocenters. The number of ether oxygens (including phenoxy) is 2. The van der Waals surface area contributed by atoms with Gasteiger partial charge in [-0.05, 0) is 59.7 Å². The van der Waals surface area contributed by atoms with Crippen molar-refractivity contribution in [3.05, 3.63) is 41.6 Å². The first-order valence-corrected chi connectivity index (χ1v) is 8.77. The third-order valence-corrected chi connectivity index (χ3v) is 5.95. The highest BCUT2D eigenvalue weighted by Gasteiger charge is 2.35. The summed E-state index contributed by atoms with van der Waals surface area (Å²) in [5, 5.41) is 3.63. The minimum Gasteiger partial charge on any atom is -0.493 e. The standard InChI is InChI=1S/C21H21NO2/c1-23-18-9-13-6-7-15-20-14-5-3-4-12(8-14)17(20)11-22-21(15)16(13)10-19(18)24-2/h6-7,9-12,14H,3-5,8H2,1-2H3. The van der Waals surface area contributed by atoms with Gasteiger partial charge in [-0.15, -0.1) is 0 Å². The van der Waals surface area contributed by atoms with Gasteiger partial charge in [0.1, 0.15) is 0 Å². The smallest absolute Gasteiger partial charge is 0.161 e. The number of benzene rings is 2. The van der Waals surface area contributed by atoms with Crippen molar-refractivity contribution in [2.24, 2.45) is 0 Å². The summed E-state index contributed by atoms with van der Waals surface area (Å²) < 4.78 is 10.9. The van der Waals surface area contributed by atoms with Crippen LogP contribution in [0.4, 0.5) is 0 Å². The Bertz CT molecular complexity index is 963. The normalized spacial score (nSPS) is 21.9. The Hall–Kier alpha value is -2.29. The van der Waals surface area contributed by atoms with E-state index < -0.39 is 0 Å². The summed E-state index contributed by atoms with van der Waals surface area (Å²) >= 11 is 0. The maximum absolute atomic E-state index is 5.50. The summed E-state index contributed by atoms with van der Waals surface area (Å²) in [7, 11) is 3.36. The van der Waals surface area contributed by atoms with E-state index in [1.54, 1.807) is 19.8 Å². The largest absolute Gasteiger partial charge is 0.493 e. The van der Waals surface area contributed by atoms with Gasteiger partial charge in [-0.2, -0.15) is 0 Å². The molecule has 3 aromatic rings. The topological polar surface area (TPSA) is 31.4 Å². The zero-order valence-electron chi connectivity index (χ0n) is 14.1. The zero-order valence-corrected chi connectivity index (χ0v) is 14.1. The predicted octanol–water partition coefficient (Wildman–Crippen LogP) is 5.16. The van der Waals surface area contributed by atoms with Crippen LogP contribution < -0.4 is 9.47 Å². The lowest BCUT2D eigenvalue weighted by molar-refractivity contribution is 0.356. The number of hydrogen-bond donors (Lipinski definition) is 0. The molecule has 0 radical (unpaired) electrons. The Morgan fingerprint density at radius 1 is 0.958 bits per heavy atom. The average molecular weight is 319 g/mol. The van der Waals surface area contributed by atoms with Crippen LogP contribution in [0.3, 0.4) is 0 Å². The van der Waals surface area contributed by atoms with Crippen LogP contribution in [0.5, 0.6) is 11.5 Å². The van der Waals surface area contributed by atoms with Crippen LogP contribution in [0.1, 0.15) is 48.6 Å². The van der Waals surface area contributed by atoms with E-state index in [1.165, 1.54) is 36.6 Å². The molecule has 122 valence electrons. The lowest BCUT2D eigenvalue weighted by Gasteiger charge is -2.18. The minimum absolute atomic E-state index is 0.724. The number of rotatable bonds is 2. The molecule has 1 aromatic heterocycles. The third-order valence-electron chi connectivity index (χ3n) is 5.95. The summed E-state index contributed by atoms with van der Waals surface area (Å²) in [5.41, 5.74) is 4.17. The Morgan fingerprint density at radius 3 is 2.58 bits per heavy atom. The van der Waals surface area contributed by atoms with Gasteiger partial charge in [-0.1, -0.05) is 18.6 Å². The van der Waals surface area contributed by atoms with Gasteiger partial charge in [-0.25, -0.2) is 0 Å². The van der Waals surface area contributed by atoms with Crippen molar-refractivity contribution in [2.75, 3.05) is 14.2 Å². The molecule has 1 saturated carbocycles. The molecule has 24 heavy (non-hydrogen) atoms. The van der Waals surface area contributed by atoms with Crippen molar-refractivity contribution in [3.8, 4) is 11.5 Å². The van der Waals surface area contributed by atoms with Gasteiger partial charge in [0.2, 0.25) is 0 Å². The second-order valence-electron chi connectivity index (χ2n) is 7.08. The summed E-state index contributed by atoms with van der Waals surface area (Å²) in [4.78, 5) is 4.88. The SMILES string of the molecule is COc1cc2ccc3c4c(cnc3c2cc1OC)C1CCCC4C1. The van der Waals surface area contributed by atoms with Gasteiger partial charge in [0.15, 0.2) is 11.5 Å². The summed E-state index contributed by atoms with van der Waals surface area (Å²) in [6.07, 6.45) is 7.47. The highest BCUT2D eigenvalue weighted by atomic mass is 16.5. The minimum atomic E-state index is 0.724. The number of pyridine rings is 1. The van der Waals surface area contributed by atoms with Crippen LogP contribution in [0, 0.1) is 0 Å². The van der Waals surface area contributed by atoms with E-state index in [-0.39, 0.29) is 0 Å². The fourth-order valence-corrected chi connectivity index (χ4v) is 4.87. The second-order valence-corrected chi connectivity index (χ2v) is 7.08. The van der Waals surface area contributed by atoms with Crippen molar-refractivity contribution >= 4 is 21.7 Å². The van der Waals surface area contributed by atoms with Crippen LogP contribution in [0.15, 0.2) is 30.5 Å². The molecule has 2 aromatic carbocycles. The van der Waals surface area contributed by atoms with Gasteiger partial charge >= 0.3 is 0 Å². The Labute approximate surface area is 141 Å². The van der Waals surface area contributed by atoms with Crippen molar-refractivity contribution in [1.29, 1.82) is 0 Å². The molecule has 3 heteroatoms. The molecule has 0 N–H and O–H groups in total. The maximum Gasteiger partial charge on any atom is 0.161 e. The molecule has 1 heterocycles. The summed E-state index contributed by atoms with van der Waals surface area (Å²) in [6.45, 7) is 0. The molecule has 5 rings (SSSR count). The van der Waals surface area contributed by atoms with Crippen molar-refractivity contribution < 1.29 is 9.47 Å². The van der Waals surface area contributed by atoms with E-state index >= 15 is 0 Å². The number of methoxy groups -OCH3 is 2. The van der Waals surface area contributed by atoms with Crippen molar-refractivity contribution in [1.82, 2.24) is 4.98 Å². The maximum atomic E-state index is 5.50. The Kier molecular flexibility index (Phi) is 2.99. The van der Waals surface area contributed by atoms with Crippen molar-refractivity contribution in [3.63, 3.8) is 0 Å². The zero-order chi connectivity index (χ0) is 16.3. The second kappa shape index (κ2) is 5.10. The van der Waals surface area contributed by atoms with E-state index in [1.807, 2.05) is 6.07 Å². The van der Waals surface area contributed by atoms with E-state index in [2.05, 4.69) is 24.4 Å². The average Bonchev–Trinajstić information content (AvgIpc) is 2.90. The lowest BCUT2D eigenvalue weighted by atomic mass is 9.86. The fraction of sp³-hybridized carbons (Fsp3) is 0.381. The molecular formula is C21H21NO2. The van der Waals surface area contributed by atoms with Crippen LogP contribution in [0.25, 0.3) is 21.7 Å². The number of fused-ring (bicyclic) bond motifs is 9. The first kappa shape index (κ1) is 14.1. The molecule has 2 aliphatic carbocycles. The van der Waals surface area contributed by atoms with E-state index in [0.29, 0.717) is 0 Å². The number of nitrogens with zero attached hydrogens (tertiary/aromatic N) is 1. The van der Waals surface area contributed by atoms with Crippen LogP contribution in [-0.2, 0) is 0 Å². The molecule has 3 nitrogen and oxygen atoms in total. The predicted molar refractivity (Wildman–Crippen MR) is 96.3 cm³/mol. The molecule has 0 amide bonds. The molecule has 2 unspecified atom stereocenters. The van der Waals surface area contributed by atoms with E-state index in [0.717, 1.165) is 39.6 Å². The van der Waals surface area contributed by atoms with Crippen LogP contribution in [0.2, 0.25) is 0 Å².